The molecule has 0 fully saturated rings. The Hall–Kier alpha value is -3.39. The summed E-state index contributed by atoms with van der Waals surface area (Å²) in [6.07, 6.45) is 0. The summed E-state index contributed by atoms with van der Waals surface area (Å²) in [5, 5.41) is 14.4. The van der Waals surface area contributed by atoms with Gasteiger partial charge in [-0.05, 0) is 16.3 Å². The molecule has 8 nitrogen and oxygen atoms in total. The van der Waals surface area contributed by atoms with E-state index in [-0.39, 0.29) is 13.2 Å². The molecule has 2 aromatic carbocycles. The Bertz CT molecular complexity index is 1290. The number of benzene rings is 2. The third-order valence-corrected chi connectivity index (χ3v) is 4.95. The van der Waals surface area contributed by atoms with Gasteiger partial charge in [0, 0.05) is 20.6 Å². The van der Waals surface area contributed by atoms with E-state index < -0.39 is 11.2 Å². The van der Waals surface area contributed by atoms with Crippen LogP contribution in [0.5, 0.6) is 0 Å². The van der Waals surface area contributed by atoms with Gasteiger partial charge in [0.2, 0.25) is 5.95 Å². The number of fused-ring (bicyclic) bond motifs is 2. The molecule has 0 unspecified atom stereocenters. The number of nitrogens with zero attached hydrogens (tertiary/aromatic N) is 4. The van der Waals surface area contributed by atoms with Gasteiger partial charge in [-0.15, -0.1) is 0 Å². The molecule has 0 radical (unpaired) electrons. The SMILES string of the molecule is Cn1c(=O)c2c(nc(NCCO)n2Cc2cccc3ccccc23)n(C)c1=O. The second kappa shape index (κ2) is 6.97. The van der Waals surface area contributed by atoms with Crippen LogP contribution in [0.3, 0.4) is 0 Å². The average Bonchev–Trinajstić information content (AvgIpc) is 3.07. The van der Waals surface area contributed by atoms with E-state index in [1.807, 2.05) is 42.5 Å². The lowest BCUT2D eigenvalue weighted by atomic mass is 10.0. The second-order valence-electron chi connectivity index (χ2n) is 6.69. The largest absolute Gasteiger partial charge is 0.395 e. The first-order chi connectivity index (χ1) is 13.5. The molecule has 144 valence electrons. The van der Waals surface area contributed by atoms with Crippen molar-refractivity contribution in [3.8, 4) is 0 Å². The van der Waals surface area contributed by atoms with Crippen LogP contribution in [0.25, 0.3) is 21.9 Å². The molecule has 2 heterocycles. The summed E-state index contributed by atoms with van der Waals surface area (Å²) in [7, 11) is 3.05. The molecule has 0 saturated carbocycles. The van der Waals surface area contributed by atoms with Gasteiger partial charge < -0.3 is 10.4 Å². The zero-order valence-corrected chi connectivity index (χ0v) is 15.7. The third-order valence-electron chi connectivity index (χ3n) is 4.95. The van der Waals surface area contributed by atoms with E-state index in [0.29, 0.717) is 23.7 Å². The van der Waals surface area contributed by atoms with Crippen LogP contribution in [0, 0.1) is 0 Å². The van der Waals surface area contributed by atoms with Crippen molar-refractivity contribution >= 4 is 27.9 Å². The molecule has 8 heteroatoms. The third kappa shape index (κ3) is 2.78. The Balaban J connectivity index is 1.99. The molecule has 0 aliphatic rings. The summed E-state index contributed by atoms with van der Waals surface area (Å²) in [6.45, 7) is 0.612. The van der Waals surface area contributed by atoms with Crippen molar-refractivity contribution in [2.75, 3.05) is 18.5 Å². The van der Waals surface area contributed by atoms with Crippen molar-refractivity contribution in [3.05, 3.63) is 68.9 Å². The molecule has 0 atom stereocenters. The van der Waals surface area contributed by atoms with Gasteiger partial charge in [-0.2, -0.15) is 4.98 Å². The first-order valence-corrected chi connectivity index (χ1v) is 9.00. The van der Waals surface area contributed by atoms with Crippen LogP contribution < -0.4 is 16.6 Å². The molecule has 0 spiro atoms. The minimum absolute atomic E-state index is 0.0750. The second-order valence-corrected chi connectivity index (χ2v) is 6.69. The summed E-state index contributed by atoms with van der Waals surface area (Å²) in [5.41, 5.74) is 0.857. The Morgan fingerprint density at radius 1 is 1.04 bits per heavy atom. The highest BCUT2D eigenvalue weighted by Crippen LogP contribution is 2.23. The Morgan fingerprint density at radius 2 is 1.79 bits per heavy atom. The molecule has 2 N–H and O–H groups in total. The van der Waals surface area contributed by atoms with Gasteiger partial charge >= 0.3 is 5.69 Å². The molecular weight excluding hydrogens is 358 g/mol. The molecule has 0 aliphatic heterocycles. The number of imidazole rings is 1. The summed E-state index contributed by atoms with van der Waals surface area (Å²) in [6, 6.07) is 14.1. The van der Waals surface area contributed by atoms with Crippen molar-refractivity contribution in [3.63, 3.8) is 0 Å². The van der Waals surface area contributed by atoms with Gasteiger partial charge in [-0.25, -0.2) is 4.79 Å². The van der Waals surface area contributed by atoms with E-state index in [1.54, 1.807) is 11.6 Å². The smallest absolute Gasteiger partial charge is 0.332 e. The Morgan fingerprint density at radius 3 is 2.57 bits per heavy atom. The lowest BCUT2D eigenvalue weighted by molar-refractivity contribution is 0.310. The zero-order valence-electron chi connectivity index (χ0n) is 15.7. The fourth-order valence-electron chi connectivity index (χ4n) is 3.50. The van der Waals surface area contributed by atoms with E-state index in [1.165, 1.54) is 11.6 Å². The zero-order chi connectivity index (χ0) is 19.8. The number of hydrogen-bond acceptors (Lipinski definition) is 5. The molecule has 0 amide bonds. The standard InChI is InChI=1S/C20H21N5O3/c1-23-17-16(18(27)24(2)20(23)28)25(19(22-17)21-10-11-26)12-14-8-5-7-13-6-3-4-9-15(13)14/h3-9,26H,10-12H2,1-2H3,(H,21,22). The number of hydrogen-bond donors (Lipinski definition) is 2. The van der Waals surface area contributed by atoms with E-state index >= 15 is 0 Å². The molecule has 2 aromatic heterocycles. The van der Waals surface area contributed by atoms with Crippen LogP contribution in [0.15, 0.2) is 52.1 Å². The van der Waals surface area contributed by atoms with E-state index in [0.717, 1.165) is 20.9 Å². The minimum atomic E-state index is -0.430. The number of aryl methyl sites for hydroxylation is 1. The number of nitrogens with one attached hydrogen (secondary N) is 1. The van der Waals surface area contributed by atoms with Crippen LogP contribution in [-0.4, -0.2) is 36.9 Å². The Labute approximate surface area is 160 Å². The van der Waals surface area contributed by atoms with Gasteiger partial charge in [0.15, 0.2) is 11.2 Å². The average molecular weight is 379 g/mol. The van der Waals surface area contributed by atoms with E-state index in [9.17, 15) is 14.7 Å². The molecular formula is C20H21N5O3. The van der Waals surface area contributed by atoms with Crippen molar-refractivity contribution in [1.29, 1.82) is 0 Å². The van der Waals surface area contributed by atoms with Gasteiger partial charge in [0.25, 0.3) is 5.56 Å². The van der Waals surface area contributed by atoms with Gasteiger partial charge in [0.1, 0.15) is 0 Å². The number of aromatic nitrogens is 4. The van der Waals surface area contributed by atoms with Gasteiger partial charge in [0.05, 0.1) is 13.2 Å². The van der Waals surface area contributed by atoms with E-state index in [2.05, 4.69) is 10.3 Å². The number of aliphatic hydroxyl groups excluding tert-OH is 1. The quantitative estimate of drug-likeness (QED) is 0.540. The first-order valence-electron chi connectivity index (χ1n) is 9.00. The highest BCUT2D eigenvalue weighted by Gasteiger charge is 2.19. The minimum Gasteiger partial charge on any atom is -0.395 e. The number of aliphatic hydroxyl groups is 1. The maximum absolute atomic E-state index is 12.9. The van der Waals surface area contributed by atoms with Gasteiger partial charge in [-0.1, -0.05) is 42.5 Å². The maximum atomic E-state index is 12.9. The van der Waals surface area contributed by atoms with E-state index in [4.69, 9.17) is 0 Å². The monoisotopic (exact) mass is 379 g/mol. The molecule has 0 bridgehead atoms. The van der Waals surface area contributed by atoms with Crippen molar-refractivity contribution in [2.24, 2.45) is 14.1 Å². The molecule has 4 aromatic rings. The van der Waals surface area contributed by atoms with Crippen LogP contribution in [0.4, 0.5) is 5.95 Å². The maximum Gasteiger partial charge on any atom is 0.332 e. The number of rotatable bonds is 5. The van der Waals surface area contributed by atoms with Crippen molar-refractivity contribution in [2.45, 2.75) is 6.54 Å². The summed E-state index contributed by atoms with van der Waals surface area (Å²) < 4.78 is 4.22. The molecule has 28 heavy (non-hydrogen) atoms. The highest BCUT2D eigenvalue weighted by molar-refractivity contribution is 5.86. The van der Waals surface area contributed by atoms with Crippen LogP contribution >= 0.6 is 0 Å². The first kappa shape index (κ1) is 18.0. The normalized spacial score (nSPS) is 11.4. The van der Waals surface area contributed by atoms with Crippen molar-refractivity contribution in [1.82, 2.24) is 18.7 Å². The summed E-state index contributed by atoms with van der Waals surface area (Å²) in [4.78, 5) is 29.6. The predicted octanol–water partition coefficient (Wildman–Crippen LogP) is 1.04. The lowest BCUT2D eigenvalue weighted by Crippen LogP contribution is -2.37. The summed E-state index contributed by atoms with van der Waals surface area (Å²) >= 11 is 0. The van der Waals surface area contributed by atoms with Crippen LogP contribution in [0.1, 0.15) is 5.56 Å². The summed E-state index contributed by atoms with van der Waals surface area (Å²) in [5.74, 6) is 0.440. The van der Waals surface area contributed by atoms with Crippen LogP contribution in [0.2, 0.25) is 0 Å². The lowest BCUT2D eigenvalue weighted by Gasteiger charge is -2.12. The molecule has 4 rings (SSSR count). The number of anilines is 1. The highest BCUT2D eigenvalue weighted by atomic mass is 16.3. The predicted molar refractivity (Wildman–Crippen MR) is 109 cm³/mol. The fourth-order valence-corrected chi connectivity index (χ4v) is 3.50. The molecule has 0 saturated heterocycles. The van der Waals surface area contributed by atoms with Crippen LogP contribution in [-0.2, 0) is 20.6 Å². The van der Waals surface area contributed by atoms with Crippen molar-refractivity contribution < 1.29 is 5.11 Å². The topological polar surface area (TPSA) is 94.1 Å². The fraction of sp³-hybridized carbons (Fsp3) is 0.250. The Kier molecular flexibility index (Phi) is 4.48. The molecule has 0 aliphatic carbocycles. The van der Waals surface area contributed by atoms with Gasteiger partial charge in [-0.3, -0.25) is 18.5 Å².